The maximum Gasteiger partial charge on any atom is 0.261 e. The molecule has 0 saturated heterocycles. The number of nitrogens with one attached hydrogen (secondary N) is 1. The molecule has 0 saturated carbocycles. The first kappa shape index (κ1) is 13.3. The second-order valence-corrected chi connectivity index (χ2v) is 5.08. The molecule has 2 aromatic carbocycles. The number of rotatable bonds is 3. The number of fused-ring (bicyclic) bond motifs is 1. The van der Waals surface area contributed by atoms with Gasteiger partial charge in [0.25, 0.3) is 5.91 Å². The van der Waals surface area contributed by atoms with E-state index in [4.69, 9.17) is 5.73 Å². The molecule has 0 bridgehead atoms. The average Bonchev–Trinajstić information content (AvgIpc) is 2.71. The number of para-hydroxylation sites is 1. The molecule has 0 aliphatic carbocycles. The Labute approximate surface area is 121 Å². The van der Waals surface area contributed by atoms with Crippen molar-refractivity contribution in [3.8, 4) is 0 Å². The number of anilines is 2. The lowest BCUT2D eigenvalue weighted by atomic mass is 9.88. The number of carbonyl (C=O) groups is 2. The number of nitrogen functional groups attached to an aromatic ring is 1. The molecule has 1 aliphatic heterocycles. The van der Waals surface area contributed by atoms with E-state index in [9.17, 15) is 14.7 Å². The lowest BCUT2D eigenvalue weighted by Crippen LogP contribution is -2.36. The first-order chi connectivity index (χ1) is 10.0. The predicted octanol–water partition coefficient (Wildman–Crippen LogP) is 1.68. The smallest absolute Gasteiger partial charge is 0.261 e. The molecule has 1 amide bonds. The van der Waals surface area contributed by atoms with E-state index in [2.05, 4.69) is 5.32 Å². The number of amides is 1. The fourth-order valence-electron chi connectivity index (χ4n) is 2.48. The van der Waals surface area contributed by atoms with Crippen LogP contribution in [0.5, 0.6) is 0 Å². The van der Waals surface area contributed by atoms with Gasteiger partial charge < -0.3 is 16.2 Å². The Morgan fingerprint density at radius 1 is 1.14 bits per heavy atom. The van der Waals surface area contributed by atoms with Gasteiger partial charge in [-0.2, -0.15) is 0 Å². The highest BCUT2D eigenvalue weighted by Gasteiger charge is 2.46. The van der Waals surface area contributed by atoms with Crippen molar-refractivity contribution in [2.75, 3.05) is 11.1 Å². The molecular formula is C16H14N2O3. The van der Waals surface area contributed by atoms with Crippen LogP contribution in [-0.4, -0.2) is 16.8 Å². The minimum atomic E-state index is -1.82. The summed E-state index contributed by atoms with van der Waals surface area (Å²) in [5.41, 5.74) is 5.68. The van der Waals surface area contributed by atoms with Crippen LogP contribution in [0.15, 0.2) is 48.5 Å². The molecule has 3 rings (SSSR count). The van der Waals surface area contributed by atoms with Crippen molar-refractivity contribution in [2.24, 2.45) is 0 Å². The first-order valence-corrected chi connectivity index (χ1v) is 6.53. The number of carbonyl (C=O) groups excluding carboxylic acids is 2. The summed E-state index contributed by atoms with van der Waals surface area (Å²) in [6, 6.07) is 13.2. The normalized spacial score (nSPS) is 20.0. The van der Waals surface area contributed by atoms with Crippen LogP contribution in [0.25, 0.3) is 0 Å². The molecule has 21 heavy (non-hydrogen) atoms. The van der Waals surface area contributed by atoms with Gasteiger partial charge in [-0.3, -0.25) is 9.59 Å². The summed E-state index contributed by atoms with van der Waals surface area (Å²) in [5.74, 6) is -0.892. The summed E-state index contributed by atoms with van der Waals surface area (Å²) >= 11 is 0. The highest BCUT2D eigenvalue weighted by atomic mass is 16.3. The molecule has 0 aromatic heterocycles. The zero-order valence-electron chi connectivity index (χ0n) is 11.2. The van der Waals surface area contributed by atoms with Crippen LogP contribution in [-0.2, 0) is 10.4 Å². The zero-order chi connectivity index (χ0) is 15.0. The molecular weight excluding hydrogens is 268 g/mol. The summed E-state index contributed by atoms with van der Waals surface area (Å²) < 4.78 is 0. The lowest BCUT2D eigenvalue weighted by molar-refractivity contribution is -0.133. The van der Waals surface area contributed by atoms with E-state index >= 15 is 0 Å². The van der Waals surface area contributed by atoms with Gasteiger partial charge >= 0.3 is 0 Å². The molecule has 5 heteroatoms. The van der Waals surface area contributed by atoms with Gasteiger partial charge in [-0.05, 0) is 30.3 Å². The van der Waals surface area contributed by atoms with Crippen LogP contribution in [0.2, 0.25) is 0 Å². The molecule has 0 fully saturated rings. The Morgan fingerprint density at radius 3 is 2.52 bits per heavy atom. The van der Waals surface area contributed by atoms with Gasteiger partial charge in [-0.1, -0.05) is 18.2 Å². The zero-order valence-corrected chi connectivity index (χ0v) is 11.2. The molecule has 106 valence electrons. The van der Waals surface area contributed by atoms with Gasteiger partial charge in [0.05, 0.1) is 6.42 Å². The topological polar surface area (TPSA) is 92.4 Å². The number of nitrogens with two attached hydrogens (primary N) is 1. The molecule has 1 heterocycles. The summed E-state index contributed by atoms with van der Waals surface area (Å²) in [6.45, 7) is 0. The number of benzene rings is 2. The second-order valence-electron chi connectivity index (χ2n) is 5.08. The minimum Gasteiger partial charge on any atom is -0.399 e. The molecule has 5 nitrogen and oxygen atoms in total. The van der Waals surface area contributed by atoms with E-state index in [1.807, 2.05) is 0 Å². The Bertz CT molecular complexity index is 725. The van der Waals surface area contributed by atoms with E-state index in [1.165, 1.54) is 0 Å². The molecule has 1 aliphatic rings. The van der Waals surface area contributed by atoms with E-state index in [0.717, 1.165) is 0 Å². The number of Topliss-reactive ketones (excluding diaryl/α,β-unsaturated/α-hetero) is 1. The highest BCUT2D eigenvalue weighted by molar-refractivity contribution is 6.09. The van der Waals surface area contributed by atoms with Crippen molar-refractivity contribution in [2.45, 2.75) is 12.0 Å². The van der Waals surface area contributed by atoms with Crippen LogP contribution in [0, 0.1) is 0 Å². The van der Waals surface area contributed by atoms with Gasteiger partial charge in [0.2, 0.25) is 0 Å². The Morgan fingerprint density at radius 2 is 1.81 bits per heavy atom. The van der Waals surface area contributed by atoms with Crippen LogP contribution in [0.1, 0.15) is 22.3 Å². The van der Waals surface area contributed by atoms with E-state index in [0.29, 0.717) is 22.5 Å². The Balaban J connectivity index is 1.92. The van der Waals surface area contributed by atoms with Gasteiger partial charge in [0.15, 0.2) is 11.4 Å². The first-order valence-electron chi connectivity index (χ1n) is 6.53. The lowest BCUT2D eigenvalue weighted by Gasteiger charge is -2.19. The van der Waals surface area contributed by atoms with Crippen molar-refractivity contribution in [1.82, 2.24) is 0 Å². The fraction of sp³-hybridized carbons (Fsp3) is 0.125. The highest BCUT2D eigenvalue weighted by Crippen LogP contribution is 2.38. The maximum atomic E-state index is 12.3. The van der Waals surface area contributed by atoms with Crippen molar-refractivity contribution >= 4 is 23.1 Å². The third-order valence-electron chi connectivity index (χ3n) is 3.65. The van der Waals surface area contributed by atoms with Crippen molar-refractivity contribution < 1.29 is 14.7 Å². The van der Waals surface area contributed by atoms with Crippen molar-refractivity contribution in [1.29, 1.82) is 0 Å². The number of aliphatic hydroxyl groups is 1. The number of hydrogen-bond donors (Lipinski definition) is 3. The second kappa shape index (κ2) is 4.71. The summed E-state index contributed by atoms with van der Waals surface area (Å²) in [4.78, 5) is 24.3. The summed E-state index contributed by atoms with van der Waals surface area (Å²) in [5, 5.41) is 13.2. The van der Waals surface area contributed by atoms with Gasteiger partial charge in [-0.25, -0.2) is 0 Å². The van der Waals surface area contributed by atoms with Crippen LogP contribution < -0.4 is 11.1 Å². The molecule has 1 atom stereocenters. The maximum absolute atomic E-state index is 12.3. The van der Waals surface area contributed by atoms with Gasteiger partial charge in [0, 0.05) is 22.5 Å². The molecule has 4 N–H and O–H groups in total. The molecule has 0 unspecified atom stereocenters. The SMILES string of the molecule is Nc1ccc(C(=O)C[C@]2(O)C(=O)Nc3ccccc32)cc1. The van der Waals surface area contributed by atoms with E-state index < -0.39 is 11.5 Å². The third kappa shape index (κ3) is 2.17. The fourth-order valence-corrected chi connectivity index (χ4v) is 2.48. The number of hydrogen-bond acceptors (Lipinski definition) is 4. The molecule has 0 spiro atoms. The van der Waals surface area contributed by atoms with Crippen LogP contribution >= 0.6 is 0 Å². The minimum absolute atomic E-state index is 0.306. The van der Waals surface area contributed by atoms with E-state index in [-0.39, 0.29) is 12.2 Å². The van der Waals surface area contributed by atoms with E-state index in [1.54, 1.807) is 48.5 Å². The Hall–Kier alpha value is -2.66. The van der Waals surface area contributed by atoms with Crippen molar-refractivity contribution in [3.05, 3.63) is 59.7 Å². The third-order valence-corrected chi connectivity index (χ3v) is 3.65. The van der Waals surface area contributed by atoms with Gasteiger partial charge in [-0.15, -0.1) is 0 Å². The van der Waals surface area contributed by atoms with Crippen molar-refractivity contribution in [3.63, 3.8) is 0 Å². The number of ketones is 1. The quantitative estimate of drug-likeness (QED) is 0.590. The largest absolute Gasteiger partial charge is 0.399 e. The summed E-state index contributed by atoms with van der Waals surface area (Å²) in [7, 11) is 0. The Kier molecular flexibility index (Phi) is 2.99. The molecule has 2 aromatic rings. The van der Waals surface area contributed by atoms with Crippen LogP contribution in [0.3, 0.4) is 0 Å². The molecule has 0 radical (unpaired) electrons. The average molecular weight is 282 g/mol. The van der Waals surface area contributed by atoms with Crippen LogP contribution in [0.4, 0.5) is 11.4 Å². The van der Waals surface area contributed by atoms with Gasteiger partial charge in [0.1, 0.15) is 0 Å². The monoisotopic (exact) mass is 282 g/mol. The predicted molar refractivity (Wildman–Crippen MR) is 78.8 cm³/mol. The standard InChI is InChI=1S/C16H14N2O3/c17-11-7-5-10(6-8-11)14(19)9-16(21)12-3-1-2-4-13(12)18-15(16)20/h1-8,21H,9,17H2,(H,18,20)/t16-/m1/s1. The summed E-state index contributed by atoms with van der Waals surface area (Å²) in [6.07, 6.45) is -0.306.